The number of nitrogens with zero attached hydrogens (tertiary/aromatic N) is 1. The van der Waals surface area contributed by atoms with Gasteiger partial charge in [0.2, 0.25) is 0 Å². The second-order valence-corrected chi connectivity index (χ2v) is 18.9. The van der Waals surface area contributed by atoms with E-state index < -0.39 is 0 Å². The van der Waals surface area contributed by atoms with E-state index in [0.717, 1.165) is 54.5 Å². The summed E-state index contributed by atoms with van der Waals surface area (Å²) >= 11 is 0. The third-order valence-electron chi connectivity index (χ3n) is 14.5. The number of allylic oxidation sites excluding steroid dienone is 11. The summed E-state index contributed by atoms with van der Waals surface area (Å²) in [7, 11) is 0.913. The van der Waals surface area contributed by atoms with Gasteiger partial charge in [-0.2, -0.15) is 0 Å². The van der Waals surface area contributed by atoms with Crippen LogP contribution in [0.5, 0.6) is 0 Å². The van der Waals surface area contributed by atoms with E-state index in [9.17, 15) is 0 Å². The molecule has 0 heterocycles. The van der Waals surface area contributed by atoms with Crippen molar-refractivity contribution in [3.8, 4) is 11.1 Å². The van der Waals surface area contributed by atoms with Crippen molar-refractivity contribution in [2.75, 3.05) is 0 Å². The van der Waals surface area contributed by atoms with Crippen LogP contribution in [0.1, 0.15) is 98.3 Å². The summed E-state index contributed by atoms with van der Waals surface area (Å²) < 4.78 is 0. The molecule has 6 atom stereocenters. The van der Waals surface area contributed by atoms with E-state index >= 15 is 0 Å². The summed E-state index contributed by atoms with van der Waals surface area (Å²) in [6.07, 6.45) is 36.7. The minimum absolute atomic E-state index is 0.220. The smallest absolute Gasteiger partial charge is 0.0670 e. The highest BCUT2D eigenvalue weighted by Crippen LogP contribution is 2.59. The van der Waals surface area contributed by atoms with Gasteiger partial charge >= 0.3 is 0 Å². The largest absolute Gasteiger partial charge is 0.290 e. The van der Waals surface area contributed by atoms with Crippen LogP contribution in [0.4, 0.5) is 0 Å². The second-order valence-electron chi connectivity index (χ2n) is 17.6. The highest BCUT2D eigenvalue weighted by molar-refractivity contribution is 6.36. The molecule has 4 aromatic carbocycles. The van der Waals surface area contributed by atoms with E-state index in [4.69, 9.17) is 0 Å². The molecule has 6 aliphatic carbocycles. The molecule has 0 aromatic heterocycles. The fraction of sp³-hybridized carbons (Fsp3) is 0.321. The summed E-state index contributed by atoms with van der Waals surface area (Å²) in [6.45, 7) is 2.46. The SMILES string of the molecule is C[Si]C1CC(N(C2CC=C(C3(C4=CCCC=C4)c4ccccc4-c4ccccc43)CC2)C2CC(C3=CC=CCC3)=CC(c3ccccc3)C2)C=CC1c1ccccc1. The predicted molar refractivity (Wildman–Crippen MR) is 246 cm³/mol. The fourth-order valence-corrected chi connectivity index (χ4v) is 13.1. The molecule has 4 aromatic rings. The molecule has 0 spiro atoms. The first kappa shape index (κ1) is 37.5. The molecule has 1 nitrogen and oxygen atoms in total. The lowest BCUT2D eigenvalue weighted by atomic mass is 9.63. The van der Waals surface area contributed by atoms with Crippen LogP contribution in [0, 0.1) is 0 Å². The van der Waals surface area contributed by atoms with E-state index in [1.807, 2.05) is 0 Å². The highest BCUT2D eigenvalue weighted by atomic mass is 28.2. The third kappa shape index (κ3) is 6.77. The normalized spacial score (nSPS) is 27.3. The van der Waals surface area contributed by atoms with Crippen LogP contribution in [0.3, 0.4) is 0 Å². The summed E-state index contributed by atoms with van der Waals surface area (Å²) in [4.78, 5) is 3.10. The van der Waals surface area contributed by atoms with Gasteiger partial charge in [0.1, 0.15) is 0 Å². The fourth-order valence-electron chi connectivity index (χ4n) is 11.9. The Morgan fingerprint density at radius 2 is 1.38 bits per heavy atom. The van der Waals surface area contributed by atoms with E-state index in [2.05, 4.69) is 181 Å². The zero-order chi connectivity index (χ0) is 38.9. The van der Waals surface area contributed by atoms with Gasteiger partial charge in [-0.3, -0.25) is 4.90 Å². The lowest BCUT2D eigenvalue weighted by Crippen LogP contribution is -2.52. The maximum Gasteiger partial charge on any atom is 0.0670 e. The number of hydrogen-bond acceptors (Lipinski definition) is 1. The summed E-state index contributed by atoms with van der Waals surface area (Å²) in [6, 6.07) is 42.8. The molecule has 0 N–H and O–H groups in total. The van der Waals surface area contributed by atoms with Gasteiger partial charge in [0.05, 0.1) is 5.41 Å². The first-order chi connectivity index (χ1) is 28.7. The molecule has 58 heavy (non-hydrogen) atoms. The molecule has 0 fully saturated rings. The average molecular weight is 772 g/mol. The van der Waals surface area contributed by atoms with Crippen molar-refractivity contribution in [2.45, 2.75) is 112 Å². The van der Waals surface area contributed by atoms with Crippen LogP contribution in [0.15, 0.2) is 192 Å². The molecule has 0 aliphatic heterocycles. The molecule has 10 rings (SSSR count). The van der Waals surface area contributed by atoms with Gasteiger partial charge in [-0.25, -0.2) is 0 Å². The van der Waals surface area contributed by atoms with E-state index in [1.165, 1.54) is 58.2 Å². The number of benzene rings is 4. The summed E-state index contributed by atoms with van der Waals surface area (Å²) in [5, 5.41) is 0. The minimum atomic E-state index is -0.220. The van der Waals surface area contributed by atoms with Crippen molar-refractivity contribution < 1.29 is 0 Å². The van der Waals surface area contributed by atoms with Crippen LogP contribution in [-0.2, 0) is 5.41 Å². The Hall–Kier alpha value is -4.76. The van der Waals surface area contributed by atoms with Crippen molar-refractivity contribution in [3.05, 3.63) is 215 Å². The average Bonchev–Trinajstić information content (AvgIpc) is 3.61. The van der Waals surface area contributed by atoms with Crippen molar-refractivity contribution >= 4 is 9.52 Å². The Labute approximate surface area is 350 Å². The zero-order valence-corrected chi connectivity index (χ0v) is 35.1. The molecule has 6 unspecified atom stereocenters. The Balaban J connectivity index is 1.06. The Bertz CT molecular complexity index is 2290. The van der Waals surface area contributed by atoms with Crippen molar-refractivity contribution in [1.29, 1.82) is 0 Å². The van der Waals surface area contributed by atoms with E-state index in [1.54, 1.807) is 16.7 Å². The predicted octanol–water partition coefficient (Wildman–Crippen LogP) is 13.8. The lowest BCUT2D eigenvalue weighted by molar-refractivity contribution is 0.0725. The van der Waals surface area contributed by atoms with Crippen molar-refractivity contribution in [2.24, 2.45) is 0 Å². The number of fused-ring (bicyclic) bond motifs is 3. The maximum atomic E-state index is 3.10. The first-order valence-corrected chi connectivity index (χ1v) is 23.9. The molecule has 0 amide bonds. The molecule has 2 radical (unpaired) electrons. The molecule has 290 valence electrons. The topological polar surface area (TPSA) is 3.24 Å². The molecule has 2 heteroatoms. The van der Waals surface area contributed by atoms with Crippen molar-refractivity contribution in [1.82, 2.24) is 4.90 Å². The van der Waals surface area contributed by atoms with Gasteiger partial charge in [-0.15, -0.1) is 0 Å². The van der Waals surface area contributed by atoms with Gasteiger partial charge in [-0.1, -0.05) is 182 Å². The minimum Gasteiger partial charge on any atom is -0.290 e. The molecule has 0 bridgehead atoms. The monoisotopic (exact) mass is 771 g/mol. The van der Waals surface area contributed by atoms with Crippen LogP contribution in [0.2, 0.25) is 12.1 Å². The van der Waals surface area contributed by atoms with E-state index in [-0.39, 0.29) is 5.41 Å². The van der Waals surface area contributed by atoms with Crippen LogP contribution in [-0.4, -0.2) is 32.5 Å². The quantitative estimate of drug-likeness (QED) is 0.121. The van der Waals surface area contributed by atoms with Crippen molar-refractivity contribution in [3.63, 3.8) is 0 Å². The molecule has 6 aliphatic rings. The summed E-state index contributed by atoms with van der Waals surface area (Å²) in [5.41, 5.74) is 15.4. The van der Waals surface area contributed by atoms with Gasteiger partial charge in [0.25, 0.3) is 0 Å². The zero-order valence-electron chi connectivity index (χ0n) is 34.1. The summed E-state index contributed by atoms with van der Waals surface area (Å²) in [5.74, 6) is 0.921. The standard InChI is InChI=1S/C56H57NSi/c1-58-55-39-48(34-35-50(55)42-22-10-4-11-23-42)57(49-37-43(40-18-6-2-7-19-40)36-44(38-49)41-20-8-3-9-21-41)47-32-30-46(31-33-47)56(45-24-12-5-13-25-45)53-28-16-14-26-51(53)52-27-15-17-29-54(52)56/h2-4,6-8,10-12,14-20,22-30,34-36,43,47-50,55H,5,9,13,21,31-33,37-39H2,1H3. The van der Waals surface area contributed by atoms with Crippen LogP contribution >= 0.6 is 0 Å². The molecule has 0 saturated carbocycles. The van der Waals surface area contributed by atoms with Crippen LogP contribution in [0.25, 0.3) is 11.1 Å². The second kappa shape index (κ2) is 16.5. The Morgan fingerprint density at radius 1 is 0.655 bits per heavy atom. The van der Waals surface area contributed by atoms with Crippen LogP contribution < -0.4 is 0 Å². The molecular formula is C56H57NSi. The Morgan fingerprint density at radius 3 is 2.03 bits per heavy atom. The van der Waals surface area contributed by atoms with Gasteiger partial charge in [-0.05, 0) is 120 Å². The molecular weight excluding hydrogens is 715 g/mol. The first-order valence-electron chi connectivity index (χ1n) is 22.3. The number of hydrogen-bond donors (Lipinski definition) is 0. The van der Waals surface area contributed by atoms with Gasteiger partial charge < -0.3 is 0 Å². The Kier molecular flexibility index (Phi) is 10.7. The highest BCUT2D eigenvalue weighted by Gasteiger charge is 2.49. The lowest BCUT2D eigenvalue weighted by Gasteiger charge is -2.49. The molecule has 0 saturated heterocycles. The van der Waals surface area contributed by atoms with Gasteiger partial charge in [0.15, 0.2) is 0 Å². The van der Waals surface area contributed by atoms with E-state index in [0.29, 0.717) is 35.5 Å². The maximum absolute atomic E-state index is 3.10. The third-order valence-corrected chi connectivity index (χ3v) is 15.9. The van der Waals surface area contributed by atoms with Gasteiger partial charge in [0, 0.05) is 39.5 Å². The number of rotatable bonds is 9.